The number of hydrogen-bond acceptors (Lipinski definition) is 1. The minimum absolute atomic E-state index is 0.0862. The van der Waals surface area contributed by atoms with Gasteiger partial charge in [-0.2, -0.15) is 0 Å². The van der Waals surface area contributed by atoms with Crippen molar-refractivity contribution >= 4 is 17.8 Å². The number of nitrogens with zero attached hydrogens (tertiary/aromatic N) is 1. The van der Waals surface area contributed by atoms with Gasteiger partial charge in [0.15, 0.2) is 0 Å². The lowest BCUT2D eigenvalue weighted by Crippen LogP contribution is -2.36. The summed E-state index contributed by atoms with van der Waals surface area (Å²) < 4.78 is 0. The van der Waals surface area contributed by atoms with Crippen LogP contribution in [0.25, 0.3) is 6.08 Å². The normalized spacial score (nSPS) is 11.0. The van der Waals surface area contributed by atoms with Crippen LogP contribution in [0.15, 0.2) is 121 Å². The van der Waals surface area contributed by atoms with Crippen molar-refractivity contribution in [2.45, 2.75) is 19.3 Å². The smallest absolute Gasteiger partial charge is 0.321 e. The maximum absolute atomic E-state index is 13.4. The summed E-state index contributed by atoms with van der Waals surface area (Å²) in [5, 5.41) is 3.12. The molecule has 3 nitrogen and oxygen atoms in total. The quantitative estimate of drug-likeness (QED) is 0.272. The third kappa shape index (κ3) is 6.94. The molecule has 4 aromatic rings. The molecule has 176 valence electrons. The summed E-state index contributed by atoms with van der Waals surface area (Å²) in [5.41, 5.74) is 5.54. The molecule has 0 aliphatic rings. The maximum atomic E-state index is 13.4. The van der Waals surface area contributed by atoms with Crippen LogP contribution in [0.4, 0.5) is 10.5 Å². The van der Waals surface area contributed by atoms with Crippen molar-refractivity contribution in [3.8, 4) is 0 Å². The van der Waals surface area contributed by atoms with Crippen molar-refractivity contribution in [2.24, 2.45) is 0 Å². The van der Waals surface area contributed by atoms with Crippen LogP contribution < -0.4 is 5.32 Å². The zero-order valence-electron chi connectivity index (χ0n) is 20.2. The third-order valence-electron chi connectivity index (χ3n) is 6.20. The first kappa shape index (κ1) is 24.0. The number of aryl methyl sites for hydroxylation is 1. The highest BCUT2D eigenvalue weighted by Gasteiger charge is 2.19. The van der Waals surface area contributed by atoms with Crippen molar-refractivity contribution in [3.05, 3.63) is 144 Å². The highest BCUT2D eigenvalue weighted by atomic mass is 16.2. The fourth-order valence-corrected chi connectivity index (χ4v) is 4.24. The predicted molar refractivity (Wildman–Crippen MR) is 147 cm³/mol. The van der Waals surface area contributed by atoms with E-state index in [0.29, 0.717) is 13.1 Å². The van der Waals surface area contributed by atoms with Crippen LogP contribution in [0.1, 0.15) is 34.6 Å². The van der Waals surface area contributed by atoms with Crippen molar-refractivity contribution < 1.29 is 4.79 Å². The minimum Gasteiger partial charge on any atom is -0.321 e. The summed E-state index contributed by atoms with van der Waals surface area (Å²) in [6.45, 7) is 3.17. The molecule has 0 unspecified atom stereocenters. The van der Waals surface area contributed by atoms with Gasteiger partial charge in [-0.25, -0.2) is 4.79 Å². The number of amides is 2. The molecule has 0 heterocycles. The van der Waals surface area contributed by atoms with Gasteiger partial charge in [0, 0.05) is 24.7 Å². The molecular weight excluding hydrogens is 428 g/mol. The van der Waals surface area contributed by atoms with E-state index in [1.165, 1.54) is 11.1 Å². The van der Waals surface area contributed by atoms with Crippen LogP contribution in [-0.4, -0.2) is 24.0 Å². The van der Waals surface area contributed by atoms with Crippen LogP contribution >= 0.6 is 0 Å². The molecule has 4 rings (SSSR count). The molecule has 0 spiro atoms. The molecule has 0 saturated heterocycles. The van der Waals surface area contributed by atoms with Gasteiger partial charge in [0.25, 0.3) is 0 Å². The summed E-state index contributed by atoms with van der Waals surface area (Å²) in [4.78, 5) is 15.3. The molecule has 0 aromatic heterocycles. The number of rotatable bonds is 9. The van der Waals surface area contributed by atoms with Gasteiger partial charge in [-0.1, -0.05) is 121 Å². The topological polar surface area (TPSA) is 32.3 Å². The number of carbonyl (C=O) groups excluding carboxylic acids is 1. The van der Waals surface area contributed by atoms with Gasteiger partial charge in [-0.05, 0) is 41.7 Å². The number of hydrogen-bond donors (Lipinski definition) is 1. The van der Waals surface area contributed by atoms with E-state index in [1.807, 2.05) is 66.4 Å². The van der Waals surface area contributed by atoms with E-state index >= 15 is 0 Å². The summed E-state index contributed by atoms with van der Waals surface area (Å²) in [5.74, 6) is 0.212. The maximum Gasteiger partial charge on any atom is 0.322 e. The molecule has 2 amide bonds. The van der Waals surface area contributed by atoms with Crippen molar-refractivity contribution in [1.82, 2.24) is 4.90 Å². The second kappa shape index (κ2) is 12.4. The van der Waals surface area contributed by atoms with Crippen LogP contribution in [0, 0.1) is 6.92 Å². The molecule has 0 atom stereocenters. The summed E-state index contributed by atoms with van der Waals surface area (Å²) >= 11 is 0. The standard InChI is InChI=1S/C32H32N2O/c1-26-14-11-12-22-31(26)33-32(35)34(24-13-17-27-15-5-2-6-16-27)25-23-30(28-18-7-3-8-19-28)29-20-9-4-10-21-29/h2-22,30H,23-25H2,1H3,(H,33,35)/b17-13-. The first-order chi connectivity index (χ1) is 17.2. The molecule has 0 saturated carbocycles. The van der Waals surface area contributed by atoms with Gasteiger partial charge in [0.05, 0.1) is 0 Å². The SMILES string of the molecule is Cc1ccccc1NC(=O)N(C/C=C\c1ccccc1)CCC(c1ccccc1)c1ccccc1. The van der Waals surface area contributed by atoms with E-state index in [1.54, 1.807) is 0 Å². The predicted octanol–water partition coefficient (Wildman–Crippen LogP) is 7.76. The van der Waals surface area contributed by atoms with Gasteiger partial charge in [-0.15, -0.1) is 0 Å². The molecule has 0 bridgehead atoms. The van der Waals surface area contributed by atoms with E-state index in [2.05, 4.69) is 78.1 Å². The van der Waals surface area contributed by atoms with E-state index in [9.17, 15) is 4.79 Å². The zero-order valence-corrected chi connectivity index (χ0v) is 20.2. The van der Waals surface area contributed by atoms with Crippen molar-refractivity contribution in [3.63, 3.8) is 0 Å². The van der Waals surface area contributed by atoms with E-state index in [0.717, 1.165) is 23.2 Å². The Bertz CT molecular complexity index is 1180. The molecule has 0 radical (unpaired) electrons. The van der Waals surface area contributed by atoms with Crippen molar-refractivity contribution in [1.29, 1.82) is 0 Å². The molecule has 1 N–H and O–H groups in total. The Balaban J connectivity index is 1.53. The molecule has 35 heavy (non-hydrogen) atoms. The van der Waals surface area contributed by atoms with Gasteiger partial charge in [0.2, 0.25) is 0 Å². The molecule has 4 aromatic carbocycles. The van der Waals surface area contributed by atoms with Gasteiger partial charge >= 0.3 is 6.03 Å². The van der Waals surface area contributed by atoms with Gasteiger partial charge < -0.3 is 10.2 Å². The monoisotopic (exact) mass is 460 g/mol. The highest BCUT2D eigenvalue weighted by molar-refractivity contribution is 5.90. The number of anilines is 1. The number of benzene rings is 4. The Morgan fingerprint density at radius 2 is 1.31 bits per heavy atom. The molecule has 3 heteroatoms. The first-order valence-electron chi connectivity index (χ1n) is 12.1. The third-order valence-corrected chi connectivity index (χ3v) is 6.20. The lowest BCUT2D eigenvalue weighted by atomic mass is 9.88. The Hall–Kier alpha value is -4.11. The van der Waals surface area contributed by atoms with Gasteiger partial charge in [-0.3, -0.25) is 0 Å². The lowest BCUT2D eigenvalue weighted by Gasteiger charge is -2.26. The molecule has 0 fully saturated rings. The van der Waals surface area contributed by atoms with E-state index in [4.69, 9.17) is 0 Å². The molecule has 0 aliphatic carbocycles. The number of para-hydroxylation sites is 1. The lowest BCUT2D eigenvalue weighted by molar-refractivity contribution is 0.216. The molecular formula is C32H32N2O. The van der Waals surface area contributed by atoms with Crippen LogP contribution in [0.3, 0.4) is 0 Å². The Kier molecular flexibility index (Phi) is 8.50. The second-order valence-corrected chi connectivity index (χ2v) is 8.67. The Morgan fingerprint density at radius 1 is 0.771 bits per heavy atom. The van der Waals surface area contributed by atoms with E-state index in [-0.39, 0.29) is 11.9 Å². The Labute approximate surface area is 208 Å². The highest BCUT2D eigenvalue weighted by Crippen LogP contribution is 2.28. The first-order valence-corrected chi connectivity index (χ1v) is 12.1. The van der Waals surface area contributed by atoms with E-state index < -0.39 is 0 Å². The average molecular weight is 461 g/mol. The van der Waals surface area contributed by atoms with Crippen LogP contribution in [0.2, 0.25) is 0 Å². The summed E-state index contributed by atoms with van der Waals surface area (Å²) in [6.07, 6.45) is 4.96. The summed E-state index contributed by atoms with van der Waals surface area (Å²) in [7, 11) is 0. The number of carbonyl (C=O) groups is 1. The second-order valence-electron chi connectivity index (χ2n) is 8.67. The fraction of sp³-hybridized carbons (Fsp3) is 0.156. The van der Waals surface area contributed by atoms with Crippen molar-refractivity contribution in [2.75, 3.05) is 18.4 Å². The minimum atomic E-state index is -0.0862. The number of nitrogens with one attached hydrogen (secondary N) is 1. The van der Waals surface area contributed by atoms with Crippen LogP contribution in [0.5, 0.6) is 0 Å². The average Bonchev–Trinajstić information content (AvgIpc) is 2.91. The largest absolute Gasteiger partial charge is 0.322 e. The molecule has 0 aliphatic heterocycles. The zero-order chi connectivity index (χ0) is 24.3. The van der Waals surface area contributed by atoms with Crippen LogP contribution in [-0.2, 0) is 0 Å². The van der Waals surface area contributed by atoms with Gasteiger partial charge in [0.1, 0.15) is 0 Å². The Morgan fingerprint density at radius 3 is 1.91 bits per heavy atom. The fourth-order valence-electron chi connectivity index (χ4n) is 4.24. The summed E-state index contributed by atoms with van der Waals surface area (Å²) in [6, 6.07) is 39.1. The number of urea groups is 1.